The first-order valence-corrected chi connectivity index (χ1v) is 15.2. The molecule has 0 atom stereocenters. The molecule has 0 spiro atoms. The highest BCUT2D eigenvalue weighted by atomic mass is 32.2. The van der Waals surface area contributed by atoms with Crippen LogP contribution < -0.4 is 9.64 Å². The van der Waals surface area contributed by atoms with Gasteiger partial charge in [0.25, 0.3) is 16.4 Å². The summed E-state index contributed by atoms with van der Waals surface area (Å²) >= 11 is 0. The van der Waals surface area contributed by atoms with Crippen LogP contribution in [0, 0.1) is 20.8 Å². The number of aryl methyl sites for hydroxylation is 4. The molecule has 4 heterocycles. The van der Waals surface area contributed by atoms with E-state index in [9.17, 15) is 22.0 Å². The van der Waals surface area contributed by atoms with Gasteiger partial charge in [-0.2, -0.15) is 27.7 Å². The van der Waals surface area contributed by atoms with Crippen molar-refractivity contribution < 1.29 is 26.7 Å². The lowest BCUT2D eigenvalue weighted by molar-refractivity contribution is 0.110. The summed E-state index contributed by atoms with van der Waals surface area (Å²) in [6.45, 7) is 6.10. The Balaban J connectivity index is 1.46. The van der Waals surface area contributed by atoms with Crippen molar-refractivity contribution in [2.75, 3.05) is 18.6 Å². The molecule has 0 amide bonds. The summed E-state index contributed by atoms with van der Waals surface area (Å²) in [5, 5.41) is 8.93. The fourth-order valence-corrected chi connectivity index (χ4v) is 7.11. The molecular weight excluding hydrogens is 592 g/mol. The van der Waals surface area contributed by atoms with E-state index in [0.29, 0.717) is 58.5 Å². The monoisotopic (exact) mass is 621 g/mol. The van der Waals surface area contributed by atoms with E-state index in [0.717, 1.165) is 15.2 Å². The van der Waals surface area contributed by atoms with Crippen LogP contribution in [0.2, 0.25) is 0 Å². The van der Waals surface area contributed by atoms with Crippen molar-refractivity contribution in [1.82, 2.24) is 28.9 Å². The quantitative estimate of drug-likeness (QED) is 0.238. The Morgan fingerprint density at radius 1 is 1.02 bits per heavy atom. The average Bonchev–Trinajstić information content (AvgIpc) is 3.53. The number of fused-ring (bicyclic) bond motifs is 2. The molecule has 5 aromatic rings. The second kappa shape index (κ2) is 10.8. The molecule has 3 aromatic heterocycles. The molecule has 0 saturated heterocycles. The first-order chi connectivity index (χ1) is 21.0. The molecule has 0 unspecified atom stereocenters. The molecule has 0 saturated carbocycles. The summed E-state index contributed by atoms with van der Waals surface area (Å²) in [7, 11) is -0.993. The fraction of sp³-hybridized carbons (Fsp3) is 0.300. The summed E-state index contributed by atoms with van der Waals surface area (Å²) < 4.78 is 62.4. The van der Waals surface area contributed by atoms with Gasteiger partial charge >= 0.3 is 0 Å². The lowest BCUT2D eigenvalue weighted by Gasteiger charge is -2.31. The fourth-order valence-electron chi connectivity index (χ4n) is 5.79. The first-order valence-electron chi connectivity index (χ1n) is 13.8. The summed E-state index contributed by atoms with van der Waals surface area (Å²) in [6, 6.07) is 10.1. The number of carbonyl (C=O) groups is 1. The average molecular weight is 622 g/mol. The molecule has 228 valence electrons. The van der Waals surface area contributed by atoms with Crippen molar-refractivity contribution in [3.8, 4) is 17.3 Å². The van der Waals surface area contributed by atoms with Crippen LogP contribution in [-0.4, -0.2) is 57.3 Å². The van der Waals surface area contributed by atoms with Crippen LogP contribution in [0.4, 0.5) is 14.6 Å². The van der Waals surface area contributed by atoms with Crippen LogP contribution >= 0.6 is 0 Å². The highest BCUT2D eigenvalue weighted by Gasteiger charge is 2.31. The van der Waals surface area contributed by atoms with Gasteiger partial charge < -0.3 is 9.64 Å². The van der Waals surface area contributed by atoms with Crippen molar-refractivity contribution in [2.24, 2.45) is 7.05 Å². The number of methoxy groups -OCH3 is 1. The van der Waals surface area contributed by atoms with Crippen molar-refractivity contribution >= 4 is 33.0 Å². The van der Waals surface area contributed by atoms with Gasteiger partial charge in [-0.25, -0.2) is 13.8 Å². The minimum atomic E-state index is -3.99. The van der Waals surface area contributed by atoms with Gasteiger partial charge in [0, 0.05) is 31.0 Å². The van der Waals surface area contributed by atoms with Crippen LogP contribution in [0.25, 0.3) is 22.3 Å². The number of nitrogens with zero attached hydrogens (tertiary/aromatic N) is 7. The number of aromatic nitrogens is 6. The Morgan fingerprint density at radius 3 is 2.41 bits per heavy atom. The lowest BCUT2D eigenvalue weighted by atomic mass is 10.0. The minimum absolute atomic E-state index is 0.123. The molecular formula is C30H29F2N7O4S. The summed E-state index contributed by atoms with van der Waals surface area (Å²) in [4.78, 5) is 23.3. The molecule has 6 rings (SSSR count). The van der Waals surface area contributed by atoms with Gasteiger partial charge in [0.15, 0.2) is 12.1 Å². The number of carbonyl (C=O) groups excluding carboxylic acids is 1. The molecule has 1 aliphatic rings. The number of benzene rings is 2. The molecule has 0 N–H and O–H groups in total. The van der Waals surface area contributed by atoms with Gasteiger partial charge in [-0.3, -0.25) is 9.48 Å². The Labute approximate surface area is 252 Å². The van der Waals surface area contributed by atoms with Gasteiger partial charge in [-0.05, 0) is 44.5 Å². The van der Waals surface area contributed by atoms with E-state index in [-0.39, 0.29) is 28.7 Å². The van der Waals surface area contributed by atoms with Gasteiger partial charge in [0.05, 0.1) is 46.6 Å². The highest BCUT2D eigenvalue weighted by molar-refractivity contribution is 7.90. The molecule has 2 aromatic carbocycles. The van der Waals surface area contributed by atoms with Crippen LogP contribution in [-0.2, 0) is 30.0 Å². The Bertz CT molecular complexity index is 2040. The van der Waals surface area contributed by atoms with E-state index >= 15 is 0 Å². The van der Waals surface area contributed by atoms with Gasteiger partial charge in [0.1, 0.15) is 11.5 Å². The van der Waals surface area contributed by atoms with Crippen LogP contribution in [0.1, 0.15) is 50.6 Å². The summed E-state index contributed by atoms with van der Waals surface area (Å²) in [6.07, 6.45) is -2.08. The highest BCUT2D eigenvalue weighted by Crippen LogP contribution is 2.38. The van der Waals surface area contributed by atoms with Crippen LogP contribution in [0.15, 0.2) is 41.3 Å². The topological polar surface area (TPSA) is 125 Å². The van der Waals surface area contributed by atoms with E-state index in [1.807, 2.05) is 13.8 Å². The molecule has 1 aliphatic heterocycles. The Morgan fingerprint density at radius 2 is 1.75 bits per heavy atom. The van der Waals surface area contributed by atoms with E-state index in [2.05, 4.69) is 10.2 Å². The summed E-state index contributed by atoms with van der Waals surface area (Å²) in [5.41, 5.74) is 3.90. The standard InChI is InChI=1S/C30H29F2N7O4S/c1-16-6-9-19(10-7-16)44(41,42)39-23-11-8-17(2)24(25(23)18(3)35-39)28-33-22-12-13-38(14-20(22)29(34-28)43-5)30-21(15-40)26(27(31)32)36-37(30)4/h6-11,15,27H,12-14H2,1-5H3. The maximum absolute atomic E-state index is 13.6. The number of alkyl halides is 2. The zero-order valence-electron chi connectivity index (χ0n) is 24.7. The third-order valence-corrected chi connectivity index (χ3v) is 9.49. The number of anilines is 1. The van der Waals surface area contributed by atoms with Crippen molar-refractivity contribution in [2.45, 2.75) is 45.1 Å². The number of hydrogen-bond donors (Lipinski definition) is 0. The maximum Gasteiger partial charge on any atom is 0.283 e. The third-order valence-electron chi connectivity index (χ3n) is 7.89. The smallest absolute Gasteiger partial charge is 0.283 e. The van der Waals surface area contributed by atoms with Crippen molar-refractivity contribution in [3.05, 3.63) is 75.7 Å². The summed E-state index contributed by atoms with van der Waals surface area (Å²) in [5.74, 6) is 0.916. The van der Waals surface area contributed by atoms with Crippen LogP contribution in [0.3, 0.4) is 0 Å². The number of ether oxygens (including phenoxy) is 1. The second-order valence-corrected chi connectivity index (χ2v) is 12.5. The lowest BCUT2D eigenvalue weighted by Crippen LogP contribution is -2.33. The number of hydrogen-bond acceptors (Lipinski definition) is 9. The maximum atomic E-state index is 13.6. The molecule has 44 heavy (non-hydrogen) atoms. The number of aldehydes is 1. The molecule has 0 fully saturated rings. The Hall–Kier alpha value is -4.72. The third kappa shape index (κ3) is 4.60. The predicted molar refractivity (Wildman–Crippen MR) is 159 cm³/mol. The first kappa shape index (κ1) is 29.4. The number of halogens is 2. The van der Waals surface area contributed by atoms with Crippen LogP contribution in [0.5, 0.6) is 5.88 Å². The molecule has 14 heteroatoms. The van der Waals surface area contributed by atoms with E-state index in [1.54, 1.807) is 48.2 Å². The number of rotatable bonds is 7. The largest absolute Gasteiger partial charge is 0.481 e. The molecule has 0 radical (unpaired) electrons. The van der Waals surface area contributed by atoms with E-state index in [1.165, 1.54) is 18.8 Å². The van der Waals surface area contributed by atoms with Gasteiger partial charge in [0.2, 0.25) is 5.88 Å². The van der Waals surface area contributed by atoms with E-state index in [4.69, 9.17) is 14.7 Å². The van der Waals surface area contributed by atoms with Gasteiger partial charge in [-0.15, -0.1) is 0 Å². The van der Waals surface area contributed by atoms with Crippen molar-refractivity contribution in [3.63, 3.8) is 0 Å². The molecule has 0 bridgehead atoms. The molecule has 0 aliphatic carbocycles. The zero-order chi connectivity index (χ0) is 31.5. The SMILES string of the molecule is COc1nc(-c2c(C)ccc3c2c(C)nn3S(=O)(=O)c2ccc(C)cc2)nc2c1CN(c1c(C=O)c(C(F)F)nn1C)CC2. The normalized spacial score (nSPS) is 13.5. The predicted octanol–water partition coefficient (Wildman–Crippen LogP) is 4.71. The molecule has 11 nitrogen and oxygen atoms in total. The van der Waals surface area contributed by atoms with Gasteiger partial charge in [-0.1, -0.05) is 23.8 Å². The minimum Gasteiger partial charge on any atom is -0.481 e. The van der Waals surface area contributed by atoms with E-state index < -0.39 is 22.1 Å². The van der Waals surface area contributed by atoms with Crippen molar-refractivity contribution in [1.29, 1.82) is 0 Å². The Kier molecular flexibility index (Phi) is 7.19. The zero-order valence-corrected chi connectivity index (χ0v) is 25.5. The second-order valence-electron chi connectivity index (χ2n) is 10.7.